The van der Waals surface area contributed by atoms with Gasteiger partial charge in [-0.2, -0.15) is 0 Å². The molecule has 7 heteroatoms. The molecular formula is C17H16Cl2O4S. The number of Topliss-reactive ketones (excluding diaryl/α,β-unsaturated/α-hetero) is 1. The molecule has 0 bridgehead atoms. The normalized spacial score (nSPS) is 11.9. The zero-order chi connectivity index (χ0) is 17.9. The van der Waals surface area contributed by atoms with E-state index in [-0.39, 0.29) is 12.4 Å². The molecule has 1 aromatic carbocycles. The average Bonchev–Trinajstić information content (AvgIpc) is 2.85. The highest BCUT2D eigenvalue weighted by Crippen LogP contribution is 2.28. The van der Waals surface area contributed by atoms with Crippen LogP contribution in [0.2, 0.25) is 10.0 Å². The Morgan fingerprint density at radius 3 is 2.50 bits per heavy atom. The highest BCUT2D eigenvalue weighted by atomic mass is 35.5. The van der Waals surface area contributed by atoms with E-state index >= 15 is 0 Å². The number of thiophene rings is 1. The number of halogens is 2. The van der Waals surface area contributed by atoms with Crippen LogP contribution in [0.15, 0.2) is 24.3 Å². The summed E-state index contributed by atoms with van der Waals surface area (Å²) in [6, 6.07) is 6.48. The average molecular weight is 387 g/mol. The van der Waals surface area contributed by atoms with Gasteiger partial charge >= 0.3 is 5.97 Å². The number of hydrogen-bond acceptors (Lipinski definition) is 5. The van der Waals surface area contributed by atoms with Crippen molar-refractivity contribution in [1.82, 2.24) is 0 Å². The van der Waals surface area contributed by atoms with E-state index in [0.29, 0.717) is 21.4 Å². The highest BCUT2D eigenvalue weighted by molar-refractivity contribution is 7.12. The summed E-state index contributed by atoms with van der Waals surface area (Å²) < 4.78 is 10.5. The lowest BCUT2D eigenvalue weighted by atomic mass is 10.2. The van der Waals surface area contributed by atoms with Crippen molar-refractivity contribution < 1.29 is 19.1 Å². The monoisotopic (exact) mass is 386 g/mol. The number of benzene rings is 1. The van der Waals surface area contributed by atoms with Gasteiger partial charge in [0.1, 0.15) is 5.75 Å². The maximum atomic E-state index is 12.1. The molecule has 4 nitrogen and oxygen atoms in total. The first-order valence-electron chi connectivity index (χ1n) is 7.16. The van der Waals surface area contributed by atoms with Gasteiger partial charge in [-0.3, -0.25) is 4.79 Å². The lowest BCUT2D eigenvalue weighted by Crippen LogP contribution is -2.28. The van der Waals surface area contributed by atoms with E-state index in [4.69, 9.17) is 32.7 Å². The van der Waals surface area contributed by atoms with Gasteiger partial charge in [0.15, 0.2) is 12.7 Å². The summed E-state index contributed by atoms with van der Waals surface area (Å²) in [7, 11) is 0. The van der Waals surface area contributed by atoms with E-state index in [0.717, 1.165) is 9.75 Å². The fourth-order valence-corrected chi connectivity index (χ4v) is 3.44. The second-order valence-electron chi connectivity index (χ2n) is 5.19. The molecule has 2 rings (SSSR count). The number of ketones is 1. The van der Waals surface area contributed by atoms with E-state index < -0.39 is 12.1 Å². The molecule has 0 fully saturated rings. The van der Waals surface area contributed by atoms with Crippen LogP contribution in [-0.2, 0) is 9.53 Å². The van der Waals surface area contributed by atoms with Crippen LogP contribution in [0.25, 0.3) is 0 Å². The molecule has 24 heavy (non-hydrogen) atoms. The highest BCUT2D eigenvalue weighted by Gasteiger charge is 2.20. The van der Waals surface area contributed by atoms with Gasteiger partial charge in [0.05, 0.1) is 5.02 Å². The van der Waals surface area contributed by atoms with E-state index in [1.807, 2.05) is 13.8 Å². The van der Waals surface area contributed by atoms with E-state index in [1.54, 1.807) is 18.2 Å². The minimum Gasteiger partial charge on any atom is -0.477 e. The third kappa shape index (κ3) is 4.72. The van der Waals surface area contributed by atoms with Gasteiger partial charge in [-0.25, -0.2) is 4.79 Å². The summed E-state index contributed by atoms with van der Waals surface area (Å²) in [6.07, 6.45) is -0.901. The summed E-state index contributed by atoms with van der Waals surface area (Å²) in [5.41, 5.74) is 0.583. The molecule has 0 aliphatic carbocycles. The quantitative estimate of drug-likeness (QED) is 0.525. The van der Waals surface area contributed by atoms with Crippen LogP contribution >= 0.6 is 34.5 Å². The fraction of sp³-hybridized carbons (Fsp3) is 0.294. The summed E-state index contributed by atoms with van der Waals surface area (Å²) in [5.74, 6) is -0.554. The van der Waals surface area contributed by atoms with Gasteiger partial charge < -0.3 is 9.47 Å². The molecule has 1 heterocycles. The maximum Gasteiger partial charge on any atom is 0.347 e. The van der Waals surface area contributed by atoms with Gasteiger partial charge in [-0.15, -0.1) is 11.3 Å². The molecule has 0 unspecified atom stereocenters. The van der Waals surface area contributed by atoms with Gasteiger partial charge in [-0.05, 0) is 45.0 Å². The van der Waals surface area contributed by atoms with Crippen LogP contribution in [0.5, 0.6) is 5.75 Å². The molecule has 128 valence electrons. The second-order valence-corrected chi connectivity index (χ2v) is 7.50. The lowest BCUT2D eigenvalue weighted by molar-refractivity contribution is -0.149. The molecule has 0 aliphatic rings. The minimum atomic E-state index is -0.901. The largest absolute Gasteiger partial charge is 0.477 e. The maximum absolute atomic E-state index is 12.1. The van der Waals surface area contributed by atoms with Crippen molar-refractivity contribution in [2.45, 2.75) is 26.9 Å². The van der Waals surface area contributed by atoms with Gasteiger partial charge in [0.25, 0.3) is 0 Å². The Labute approximate surface area is 154 Å². The van der Waals surface area contributed by atoms with Crippen LogP contribution in [0.1, 0.15) is 27.0 Å². The van der Waals surface area contributed by atoms with Gasteiger partial charge in [0.2, 0.25) is 5.78 Å². The van der Waals surface area contributed by atoms with Gasteiger partial charge in [0, 0.05) is 20.3 Å². The Balaban J connectivity index is 1.92. The number of carbonyl (C=O) groups excluding carboxylic acids is 2. The Bertz CT molecular complexity index is 770. The summed E-state index contributed by atoms with van der Waals surface area (Å²) >= 11 is 13.3. The topological polar surface area (TPSA) is 52.6 Å². The Kier molecular flexibility index (Phi) is 6.27. The van der Waals surface area contributed by atoms with E-state index in [1.165, 1.54) is 24.3 Å². The molecule has 0 amide bonds. The number of ether oxygens (including phenoxy) is 2. The summed E-state index contributed by atoms with van der Waals surface area (Å²) in [5, 5.41) is 0.761. The molecule has 0 radical (unpaired) electrons. The van der Waals surface area contributed by atoms with Crippen LogP contribution in [-0.4, -0.2) is 24.5 Å². The number of aryl methyl sites for hydroxylation is 2. The zero-order valence-electron chi connectivity index (χ0n) is 13.4. The number of rotatable bonds is 6. The molecule has 1 aromatic heterocycles. The Hall–Kier alpha value is -1.56. The zero-order valence-corrected chi connectivity index (χ0v) is 15.7. The smallest absolute Gasteiger partial charge is 0.347 e. The predicted octanol–water partition coefficient (Wildman–Crippen LogP) is 4.87. The van der Waals surface area contributed by atoms with Crippen molar-refractivity contribution >= 4 is 46.3 Å². The van der Waals surface area contributed by atoms with Crippen molar-refractivity contribution in [2.24, 2.45) is 0 Å². The molecule has 0 N–H and O–H groups in total. The van der Waals surface area contributed by atoms with Crippen molar-refractivity contribution in [2.75, 3.05) is 6.61 Å². The van der Waals surface area contributed by atoms with Crippen LogP contribution in [0.4, 0.5) is 0 Å². The summed E-state index contributed by atoms with van der Waals surface area (Å²) in [4.78, 5) is 26.0. The molecule has 0 spiro atoms. The molecule has 1 atom stereocenters. The summed E-state index contributed by atoms with van der Waals surface area (Å²) in [6.45, 7) is 4.99. The Morgan fingerprint density at radius 1 is 1.21 bits per heavy atom. The molecule has 2 aromatic rings. The lowest BCUT2D eigenvalue weighted by Gasteiger charge is -2.14. The number of esters is 1. The van der Waals surface area contributed by atoms with Crippen LogP contribution in [0.3, 0.4) is 0 Å². The molecular weight excluding hydrogens is 371 g/mol. The third-order valence-electron chi connectivity index (χ3n) is 3.22. The van der Waals surface area contributed by atoms with Crippen molar-refractivity contribution in [3.63, 3.8) is 0 Å². The molecule has 0 saturated carbocycles. The first-order chi connectivity index (χ1) is 11.3. The number of hydrogen-bond donors (Lipinski definition) is 0. The minimum absolute atomic E-state index is 0.234. The first kappa shape index (κ1) is 18.8. The fourth-order valence-electron chi connectivity index (χ4n) is 2.05. The third-order valence-corrected chi connectivity index (χ3v) is 4.71. The standard InChI is InChI=1S/C17H16Cl2O4S/c1-9-6-13(11(3)24-9)15(20)8-22-17(21)10(2)23-16-5-4-12(18)7-14(16)19/h4-7,10H,8H2,1-3H3/t10-/m0/s1. The second kappa shape index (κ2) is 8.01. The predicted molar refractivity (Wildman–Crippen MR) is 95.6 cm³/mol. The van der Waals surface area contributed by atoms with Crippen molar-refractivity contribution in [1.29, 1.82) is 0 Å². The van der Waals surface area contributed by atoms with Crippen LogP contribution < -0.4 is 4.74 Å². The Morgan fingerprint density at radius 2 is 1.92 bits per heavy atom. The molecule has 0 aliphatic heterocycles. The van der Waals surface area contributed by atoms with Crippen molar-refractivity contribution in [3.8, 4) is 5.75 Å². The SMILES string of the molecule is Cc1cc(C(=O)COC(=O)[C@H](C)Oc2ccc(Cl)cc2Cl)c(C)s1. The van der Waals surface area contributed by atoms with E-state index in [9.17, 15) is 9.59 Å². The number of carbonyl (C=O) groups is 2. The van der Waals surface area contributed by atoms with Crippen LogP contribution in [0, 0.1) is 13.8 Å². The first-order valence-corrected chi connectivity index (χ1v) is 8.73. The van der Waals surface area contributed by atoms with Crippen molar-refractivity contribution in [3.05, 3.63) is 49.6 Å². The van der Waals surface area contributed by atoms with Gasteiger partial charge in [-0.1, -0.05) is 23.2 Å². The van der Waals surface area contributed by atoms with E-state index in [2.05, 4.69) is 0 Å². The molecule has 0 saturated heterocycles.